The van der Waals surface area contributed by atoms with Gasteiger partial charge in [-0.2, -0.15) is 0 Å². The highest BCUT2D eigenvalue weighted by atomic mass is 19.1. The number of carbonyl (C=O) groups excluding carboxylic acids is 1. The standard InChI is InChI=1S/C15H16FN3O/c16-11-4-1-3-10(9-11)7-8-19-13-6-2-5-12(14(13)17)15(18)20/h1-6,9,19H,7-8,17H2,(H2,18,20). The fraction of sp³-hybridized carbons (Fsp3) is 0.133. The Morgan fingerprint density at radius 2 is 1.95 bits per heavy atom. The number of anilines is 2. The summed E-state index contributed by atoms with van der Waals surface area (Å²) in [6.45, 7) is 0.579. The predicted molar refractivity (Wildman–Crippen MR) is 78.0 cm³/mol. The van der Waals surface area contributed by atoms with Crippen LogP contribution >= 0.6 is 0 Å². The van der Waals surface area contributed by atoms with Gasteiger partial charge in [-0.25, -0.2) is 4.39 Å². The largest absolute Gasteiger partial charge is 0.396 e. The zero-order chi connectivity index (χ0) is 14.5. The maximum absolute atomic E-state index is 13.0. The van der Waals surface area contributed by atoms with Crippen LogP contribution in [0.15, 0.2) is 42.5 Å². The van der Waals surface area contributed by atoms with Gasteiger partial charge in [0.15, 0.2) is 0 Å². The van der Waals surface area contributed by atoms with Gasteiger partial charge in [-0.3, -0.25) is 4.79 Å². The summed E-state index contributed by atoms with van der Waals surface area (Å²) in [5, 5.41) is 3.12. The van der Waals surface area contributed by atoms with E-state index in [1.807, 2.05) is 6.07 Å². The molecule has 0 bridgehead atoms. The lowest BCUT2D eigenvalue weighted by Crippen LogP contribution is -2.15. The van der Waals surface area contributed by atoms with Crippen molar-refractivity contribution in [2.24, 2.45) is 5.73 Å². The van der Waals surface area contributed by atoms with Gasteiger partial charge in [0, 0.05) is 6.54 Å². The summed E-state index contributed by atoms with van der Waals surface area (Å²) in [5.41, 5.74) is 13.3. The first-order valence-electron chi connectivity index (χ1n) is 6.24. The normalized spacial score (nSPS) is 10.2. The van der Waals surface area contributed by atoms with Gasteiger partial charge in [-0.1, -0.05) is 18.2 Å². The number of benzene rings is 2. The first-order chi connectivity index (χ1) is 9.58. The lowest BCUT2D eigenvalue weighted by molar-refractivity contribution is 0.100. The van der Waals surface area contributed by atoms with Crippen LogP contribution in [-0.2, 0) is 6.42 Å². The summed E-state index contributed by atoms with van der Waals surface area (Å²) in [6.07, 6.45) is 0.651. The molecule has 2 aromatic carbocycles. The third kappa shape index (κ3) is 3.26. The highest BCUT2D eigenvalue weighted by Crippen LogP contribution is 2.22. The number of primary amides is 1. The Kier molecular flexibility index (Phi) is 4.20. The summed E-state index contributed by atoms with van der Waals surface area (Å²) >= 11 is 0. The number of nitrogens with one attached hydrogen (secondary N) is 1. The van der Waals surface area contributed by atoms with E-state index in [1.165, 1.54) is 12.1 Å². The van der Waals surface area contributed by atoms with Gasteiger partial charge in [0.25, 0.3) is 5.91 Å². The summed E-state index contributed by atoms with van der Waals surface area (Å²) < 4.78 is 13.0. The van der Waals surface area contributed by atoms with E-state index in [4.69, 9.17) is 11.5 Å². The molecular formula is C15H16FN3O. The molecule has 4 nitrogen and oxygen atoms in total. The maximum Gasteiger partial charge on any atom is 0.250 e. The van der Waals surface area contributed by atoms with Crippen molar-refractivity contribution in [3.63, 3.8) is 0 Å². The number of nitrogens with two attached hydrogens (primary N) is 2. The average Bonchev–Trinajstić information content (AvgIpc) is 2.40. The Balaban J connectivity index is 2.01. The Morgan fingerprint density at radius 1 is 1.20 bits per heavy atom. The molecule has 1 amide bonds. The highest BCUT2D eigenvalue weighted by molar-refractivity contribution is 6.00. The highest BCUT2D eigenvalue weighted by Gasteiger charge is 2.08. The maximum atomic E-state index is 13.0. The van der Waals surface area contributed by atoms with Crippen LogP contribution in [0, 0.1) is 5.82 Å². The molecule has 0 saturated carbocycles. The summed E-state index contributed by atoms with van der Waals surface area (Å²) in [7, 11) is 0. The Morgan fingerprint density at radius 3 is 2.65 bits per heavy atom. The molecule has 104 valence electrons. The molecular weight excluding hydrogens is 257 g/mol. The van der Waals surface area contributed by atoms with E-state index in [-0.39, 0.29) is 5.82 Å². The van der Waals surface area contributed by atoms with E-state index in [0.29, 0.717) is 29.9 Å². The summed E-state index contributed by atoms with van der Waals surface area (Å²) in [5.74, 6) is -0.811. The third-order valence-corrected chi connectivity index (χ3v) is 2.99. The molecule has 0 radical (unpaired) electrons. The Hall–Kier alpha value is -2.56. The zero-order valence-corrected chi connectivity index (χ0v) is 10.9. The Bertz CT molecular complexity index is 628. The second kappa shape index (κ2) is 6.06. The molecule has 2 aromatic rings. The van der Waals surface area contributed by atoms with E-state index in [2.05, 4.69) is 5.32 Å². The van der Waals surface area contributed by atoms with Crippen LogP contribution in [0.25, 0.3) is 0 Å². The van der Waals surface area contributed by atoms with Crippen LogP contribution in [0.5, 0.6) is 0 Å². The number of nitrogen functional groups attached to an aromatic ring is 1. The average molecular weight is 273 g/mol. The second-order valence-electron chi connectivity index (χ2n) is 4.44. The lowest BCUT2D eigenvalue weighted by Gasteiger charge is -2.11. The van der Waals surface area contributed by atoms with Crippen LogP contribution in [-0.4, -0.2) is 12.5 Å². The Labute approximate surface area is 116 Å². The van der Waals surface area contributed by atoms with Gasteiger partial charge in [0.05, 0.1) is 16.9 Å². The van der Waals surface area contributed by atoms with E-state index >= 15 is 0 Å². The van der Waals surface area contributed by atoms with Crippen molar-refractivity contribution in [2.75, 3.05) is 17.6 Å². The SMILES string of the molecule is NC(=O)c1cccc(NCCc2cccc(F)c2)c1N. The zero-order valence-electron chi connectivity index (χ0n) is 10.9. The minimum atomic E-state index is -0.559. The molecule has 0 unspecified atom stereocenters. The van der Waals surface area contributed by atoms with Gasteiger partial charge >= 0.3 is 0 Å². The van der Waals surface area contributed by atoms with Gasteiger partial charge in [0.2, 0.25) is 0 Å². The number of halogens is 1. The van der Waals surface area contributed by atoms with Crippen molar-refractivity contribution in [3.8, 4) is 0 Å². The smallest absolute Gasteiger partial charge is 0.250 e. The molecule has 0 aliphatic rings. The van der Waals surface area contributed by atoms with Crippen molar-refractivity contribution < 1.29 is 9.18 Å². The molecule has 0 atom stereocenters. The van der Waals surface area contributed by atoms with Crippen molar-refractivity contribution >= 4 is 17.3 Å². The van der Waals surface area contributed by atoms with Gasteiger partial charge in [-0.15, -0.1) is 0 Å². The van der Waals surface area contributed by atoms with E-state index in [1.54, 1.807) is 24.3 Å². The first kappa shape index (κ1) is 13.9. The molecule has 20 heavy (non-hydrogen) atoms. The van der Waals surface area contributed by atoms with E-state index < -0.39 is 5.91 Å². The van der Waals surface area contributed by atoms with Crippen molar-refractivity contribution in [1.29, 1.82) is 0 Å². The molecule has 0 heterocycles. The topological polar surface area (TPSA) is 81.1 Å². The molecule has 2 rings (SSSR count). The van der Waals surface area contributed by atoms with Crippen LogP contribution in [0.4, 0.5) is 15.8 Å². The van der Waals surface area contributed by atoms with Crippen LogP contribution in [0.2, 0.25) is 0 Å². The van der Waals surface area contributed by atoms with Gasteiger partial charge in [0.1, 0.15) is 5.82 Å². The van der Waals surface area contributed by atoms with Gasteiger partial charge < -0.3 is 16.8 Å². The monoisotopic (exact) mass is 273 g/mol. The molecule has 5 N–H and O–H groups in total. The fourth-order valence-electron chi connectivity index (χ4n) is 1.97. The van der Waals surface area contributed by atoms with Crippen LogP contribution < -0.4 is 16.8 Å². The number of rotatable bonds is 5. The lowest BCUT2D eigenvalue weighted by atomic mass is 10.1. The quantitative estimate of drug-likeness (QED) is 0.730. The number of hydrogen-bond donors (Lipinski definition) is 3. The number of amides is 1. The molecule has 0 spiro atoms. The minimum Gasteiger partial charge on any atom is -0.396 e. The second-order valence-corrected chi connectivity index (χ2v) is 4.44. The van der Waals surface area contributed by atoms with Crippen LogP contribution in [0.3, 0.4) is 0 Å². The predicted octanol–water partition coefficient (Wildman–Crippen LogP) is 2.16. The summed E-state index contributed by atoms with van der Waals surface area (Å²) in [4.78, 5) is 11.2. The number of para-hydroxylation sites is 1. The van der Waals surface area contributed by atoms with Crippen molar-refractivity contribution in [3.05, 3.63) is 59.4 Å². The van der Waals surface area contributed by atoms with E-state index in [9.17, 15) is 9.18 Å². The van der Waals surface area contributed by atoms with Crippen LogP contribution in [0.1, 0.15) is 15.9 Å². The van der Waals surface area contributed by atoms with Gasteiger partial charge in [-0.05, 0) is 36.2 Å². The fourth-order valence-corrected chi connectivity index (χ4v) is 1.97. The van der Waals surface area contributed by atoms with Crippen molar-refractivity contribution in [2.45, 2.75) is 6.42 Å². The molecule has 5 heteroatoms. The minimum absolute atomic E-state index is 0.252. The number of hydrogen-bond acceptors (Lipinski definition) is 3. The van der Waals surface area contributed by atoms with Crippen molar-refractivity contribution in [1.82, 2.24) is 0 Å². The summed E-state index contributed by atoms with van der Waals surface area (Å²) in [6, 6.07) is 11.5. The van der Waals surface area contributed by atoms with E-state index in [0.717, 1.165) is 5.56 Å². The molecule has 0 fully saturated rings. The molecule has 0 aromatic heterocycles. The molecule has 0 aliphatic carbocycles. The molecule has 0 saturated heterocycles. The number of carbonyl (C=O) groups is 1. The first-order valence-corrected chi connectivity index (χ1v) is 6.24. The third-order valence-electron chi connectivity index (χ3n) is 2.99. The molecule has 0 aliphatic heterocycles.